The third-order valence-electron chi connectivity index (χ3n) is 3.95. The molecule has 0 bridgehead atoms. The lowest BCUT2D eigenvalue weighted by Gasteiger charge is -2.11. The maximum Gasteiger partial charge on any atom is 0.319 e. The number of amides is 1. The van der Waals surface area contributed by atoms with Crippen molar-refractivity contribution in [3.8, 4) is 0 Å². The highest BCUT2D eigenvalue weighted by atomic mass is 32.2. The van der Waals surface area contributed by atoms with Crippen LogP contribution in [-0.4, -0.2) is 32.8 Å². The van der Waals surface area contributed by atoms with E-state index < -0.39 is 11.2 Å². The van der Waals surface area contributed by atoms with Crippen LogP contribution in [0.4, 0.5) is 15.9 Å². The average Bonchev–Trinajstić information content (AvgIpc) is 2.72. The maximum absolute atomic E-state index is 12.9. The largest absolute Gasteiger partial charge is 0.457 e. The van der Waals surface area contributed by atoms with Crippen LogP contribution in [0.2, 0.25) is 0 Å². The molecule has 1 heterocycles. The Morgan fingerprint density at radius 2 is 1.90 bits per heavy atom. The summed E-state index contributed by atoms with van der Waals surface area (Å²) in [6.45, 7) is 1.54. The van der Waals surface area contributed by atoms with E-state index in [9.17, 15) is 14.0 Å². The second-order valence-corrected chi connectivity index (χ2v) is 7.49. The Bertz CT molecular complexity index is 1030. The second kappa shape index (κ2) is 9.33. The van der Waals surface area contributed by atoms with Crippen molar-refractivity contribution in [3.63, 3.8) is 0 Å². The number of nitrogens with zero attached hydrogens (tertiary/aromatic N) is 2. The SMILES string of the molecule is CC(SCC(=O)Nc1ccc(F)cc1)C(=O)OCc1nc(N)c2ccccc2n1. The first-order chi connectivity index (χ1) is 13.9. The number of nitrogens with two attached hydrogens (primary N) is 1. The van der Waals surface area contributed by atoms with Crippen LogP contribution in [0.1, 0.15) is 12.7 Å². The molecule has 1 atom stereocenters. The van der Waals surface area contributed by atoms with E-state index in [1.807, 2.05) is 18.2 Å². The highest BCUT2D eigenvalue weighted by molar-refractivity contribution is 8.01. The molecule has 7 nitrogen and oxygen atoms in total. The third kappa shape index (κ3) is 5.64. The Labute approximate surface area is 170 Å². The van der Waals surface area contributed by atoms with E-state index in [1.165, 1.54) is 24.3 Å². The molecule has 9 heteroatoms. The molecule has 1 amide bonds. The Hall–Kier alpha value is -3.20. The third-order valence-corrected chi connectivity index (χ3v) is 5.07. The second-order valence-electron chi connectivity index (χ2n) is 6.16. The van der Waals surface area contributed by atoms with Crippen molar-refractivity contribution in [2.45, 2.75) is 18.8 Å². The minimum atomic E-state index is -0.563. The number of halogens is 1. The number of carbonyl (C=O) groups is 2. The van der Waals surface area contributed by atoms with E-state index in [-0.39, 0.29) is 24.1 Å². The lowest BCUT2D eigenvalue weighted by atomic mass is 10.2. The van der Waals surface area contributed by atoms with Crippen LogP contribution in [0.5, 0.6) is 0 Å². The molecule has 0 aliphatic carbocycles. The van der Waals surface area contributed by atoms with E-state index in [1.54, 1.807) is 13.0 Å². The highest BCUT2D eigenvalue weighted by Crippen LogP contribution is 2.18. The number of thioether (sulfide) groups is 1. The molecule has 150 valence electrons. The molecule has 2 aromatic carbocycles. The summed E-state index contributed by atoms with van der Waals surface area (Å²) in [5.41, 5.74) is 7.07. The number of carbonyl (C=O) groups excluding carboxylic acids is 2. The van der Waals surface area contributed by atoms with Gasteiger partial charge in [0, 0.05) is 11.1 Å². The summed E-state index contributed by atoms with van der Waals surface area (Å²) in [6.07, 6.45) is 0. The average molecular weight is 414 g/mol. The summed E-state index contributed by atoms with van der Waals surface area (Å²) in [7, 11) is 0. The number of benzene rings is 2. The van der Waals surface area contributed by atoms with Gasteiger partial charge in [-0.25, -0.2) is 14.4 Å². The smallest absolute Gasteiger partial charge is 0.319 e. The van der Waals surface area contributed by atoms with Gasteiger partial charge in [-0.15, -0.1) is 11.8 Å². The number of rotatable bonds is 7. The number of esters is 1. The zero-order chi connectivity index (χ0) is 20.8. The summed E-state index contributed by atoms with van der Waals surface area (Å²) in [6, 6.07) is 12.7. The van der Waals surface area contributed by atoms with Crippen LogP contribution >= 0.6 is 11.8 Å². The van der Waals surface area contributed by atoms with Crippen LogP contribution in [0.25, 0.3) is 10.9 Å². The van der Waals surface area contributed by atoms with Crippen molar-refractivity contribution in [2.75, 3.05) is 16.8 Å². The van der Waals surface area contributed by atoms with Crippen molar-refractivity contribution in [1.29, 1.82) is 0 Å². The zero-order valence-electron chi connectivity index (χ0n) is 15.6. The molecule has 0 saturated carbocycles. The Kier molecular flexibility index (Phi) is 6.61. The fourth-order valence-corrected chi connectivity index (χ4v) is 3.15. The number of anilines is 2. The van der Waals surface area contributed by atoms with Crippen molar-refractivity contribution in [1.82, 2.24) is 9.97 Å². The molecule has 0 aliphatic rings. The van der Waals surface area contributed by atoms with Gasteiger partial charge in [0.2, 0.25) is 5.91 Å². The Morgan fingerprint density at radius 3 is 2.66 bits per heavy atom. The first-order valence-electron chi connectivity index (χ1n) is 8.77. The van der Waals surface area contributed by atoms with Crippen LogP contribution in [-0.2, 0) is 20.9 Å². The number of nitrogens with one attached hydrogen (secondary N) is 1. The maximum atomic E-state index is 12.9. The number of para-hydroxylation sites is 1. The lowest BCUT2D eigenvalue weighted by molar-refractivity contribution is -0.144. The standard InChI is InChI=1S/C20H19FN4O3S/c1-12(29-11-18(26)23-14-8-6-13(21)7-9-14)20(27)28-10-17-24-16-5-3-2-4-15(16)19(22)25-17/h2-9,12H,10-11H2,1H3,(H,23,26)(H2,22,24,25). The van der Waals surface area contributed by atoms with Gasteiger partial charge in [-0.1, -0.05) is 12.1 Å². The molecule has 0 aliphatic heterocycles. The van der Waals surface area contributed by atoms with Gasteiger partial charge in [0.15, 0.2) is 12.4 Å². The van der Waals surface area contributed by atoms with Gasteiger partial charge in [0.1, 0.15) is 16.9 Å². The minimum absolute atomic E-state index is 0.0487. The summed E-state index contributed by atoms with van der Waals surface area (Å²) in [5.74, 6) is -0.493. The molecule has 29 heavy (non-hydrogen) atoms. The van der Waals surface area contributed by atoms with Crippen LogP contribution in [0.3, 0.4) is 0 Å². The summed E-state index contributed by atoms with van der Waals surface area (Å²) < 4.78 is 18.1. The molecule has 0 radical (unpaired) electrons. The molecule has 1 aromatic heterocycles. The molecular weight excluding hydrogens is 395 g/mol. The molecule has 1 unspecified atom stereocenters. The van der Waals surface area contributed by atoms with Crippen LogP contribution in [0.15, 0.2) is 48.5 Å². The first-order valence-corrected chi connectivity index (χ1v) is 9.82. The monoisotopic (exact) mass is 414 g/mol. The molecule has 0 spiro atoms. The van der Waals surface area contributed by atoms with Crippen molar-refractivity contribution >= 4 is 46.0 Å². The summed E-state index contributed by atoms with van der Waals surface area (Å²) >= 11 is 1.13. The van der Waals surface area contributed by atoms with Crippen molar-refractivity contribution < 1.29 is 18.7 Å². The van der Waals surface area contributed by atoms with E-state index in [0.717, 1.165) is 17.1 Å². The number of fused-ring (bicyclic) bond motifs is 1. The van der Waals surface area contributed by atoms with Gasteiger partial charge in [0.05, 0.1) is 11.3 Å². The summed E-state index contributed by atoms with van der Waals surface area (Å²) in [5, 5.41) is 2.80. The zero-order valence-corrected chi connectivity index (χ0v) is 16.4. The fourth-order valence-electron chi connectivity index (χ4n) is 2.47. The van der Waals surface area contributed by atoms with E-state index in [4.69, 9.17) is 10.5 Å². The molecule has 0 saturated heterocycles. The van der Waals surface area contributed by atoms with Gasteiger partial charge < -0.3 is 15.8 Å². The Balaban J connectivity index is 1.48. The fraction of sp³-hybridized carbons (Fsp3) is 0.200. The van der Waals surface area contributed by atoms with Crippen molar-refractivity contribution in [3.05, 3.63) is 60.2 Å². The molecule has 3 N–H and O–H groups in total. The number of ether oxygens (including phenoxy) is 1. The van der Waals surface area contributed by atoms with Gasteiger partial charge in [-0.2, -0.15) is 0 Å². The Morgan fingerprint density at radius 1 is 1.17 bits per heavy atom. The van der Waals surface area contributed by atoms with Gasteiger partial charge in [-0.3, -0.25) is 9.59 Å². The number of hydrogen-bond acceptors (Lipinski definition) is 7. The number of nitrogen functional groups attached to an aromatic ring is 1. The van der Waals surface area contributed by atoms with E-state index in [2.05, 4.69) is 15.3 Å². The van der Waals surface area contributed by atoms with Gasteiger partial charge in [-0.05, 0) is 43.3 Å². The quantitative estimate of drug-likeness (QED) is 0.572. The van der Waals surface area contributed by atoms with Crippen LogP contribution in [0, 0.1) is 5.82 Å². The highest BCUT2D eigenvalue weighted by Gasteiger charge is 2.18. The van der Waals surface area contributed by atoms with Crippen molar-refractivity contribution in [2.24, 2.45) is 0 Å². The van der Waals surface area contributed by atoms with Gasteiger partial charge >= 0.3 is 5.97 Å². The first kappa shape index (κ1) is 20.5. The normalized spacial score (nSPS) is 11.8. The molecule has 3 aromatic rings. The topological polar surface area (TPSA) is 107 Å². The van der Waals surface area contributed by atoms with Crippen LogP contribution < -0.4 is 11.1 Å². The van der Waals surface area contributed by atoms with E-state index >= 15 is 0 Å². The summed E-state index contributed by atoms with van der Waals surface area (Å²) in [4.78, 5) is 32.6. The minimum Gasteiger partial charge on any atom is -0.457 e. The van der Waals surface area contributed by atoms with Gasteiger partial charge in [0.25, 0.3) is 0 Å². The predicted octanol–water partition coefficient (Wildman–Crippen LogP) is 3.15. The number of aromatic nitrogens is 2. The predicted molar refractivity (Wildman–Crippen MR) is 111 cm³/mol. The molecule has 3 rings (SSSR count). The number of hydrogen-bond donors (Lipinski definition) is 2. The molecular formula is C20H19FN4O3S. The molecule has 0 fully saturated rings. The van der Waals surface area contributed by atoms with E-state index in [0.29, 0.717) is 22.8 Å². The lowest BCUT2D eigenvalue weighted by Crippen LogP contribution is -2.21.